The molecule has 27 heavy (non-hydrogen) atoms. The standard InChI is InChI=1S/C22H26N2O3/c1-17-6-5-7-18(14-17)15-23-22(26)19-10-12-24(13-11-19)21(25)16-27-20-8-3-2-4-9-20/h2-9,14,19H,10-13,15-16H2,1H3,(H,23,26). The summed E-state index contributed by atoms with van der Waals surface area (Å²) in [6.07, 6.45) is 1.38. The third-order valence-corrected chi connectivity index (χ3v) is 4.87. The van der Waals surface area contributed by atoms with E-state index in [-0.39, 0.29) is 24.3 Å². The van der Waals surface area contributed by atoms with Crippen molar-refractivity contribution in [2.45, 2.75) is 26.3 Å². The molecule has 142 valence electrons. The summed E-state index contributed by atoms with van der Waals surface area (Å²) in [6.45, 7) is 3.82. The van der Waals surface area contributed by atoms with Gasteiger partial charge in [0.15, 0.2) is 6.61 Å². The van der Waals surface area contributed by atoms with E-state index in [0.29, 0.717) is 38.2 Å². The van der Waals surface area contributed by atoms with Gasteiger partial charge >= 0.3 is 0 Å². The van der Waals surface area contributed by atoms with Crippen LogP contribution >= 0.6 is 0 Å². The molecule has 0 aromatic heterocycles. The second-order valence-corrected chi connectivity index (χ2v) is 6.96. The van der Waals surface area contributed by atoms with Gasteiger partial charge in [-0.15, -0.1) is 0 Å². The Morgan fingerprint density at radius 1 is 1.07 bits per heavy atom. The molecule has 0 atom stereocenters. The summed E-state index contributed by atoms with van der Waals surface area (Å²) in [5.41, 5.74) is 2.29. The molecule has 5 nitrogen and oxygen atoms in total. The van der Waals surface area contributed by atoms with Crippen LogP contribution in [0.15, 0.2) is 54.6 Å². The average molecular weight is 366 g/mol. The minimum Gasteiger partial charge on any atom is -0.484 e. The zero-order valence-electron chi connectivity index (χ0n) is 15.7. The summed E-state index contributed by atoms with van der Waals surface area (Å²) in [4.78, 5) is 26.5. The highest BCUT2D eigenvalue weighted by Gasteiger charge is 2.27. The van der Waals surface area contributed by atoms with Crippen molar-refractivity contribution in [1.29, 1.82) is 0 Å². The molecule has 0 radical (unpaired) electrons. The number of nitrogens with zero attached hydrogens (tertiary/aromatic N) is 1. The predicted molar refractivity (Wildman–Crippen MR) is 104 cm³/mol. The number of amides is 2. The highest BCUT2D eigenvalue weighted by Crippen LogP contribution is 2.18. The van der Waals surface area contributed by atoms with Crippen LogP contribution in [0.5, 0.6) is 5.75 Å². The van der Waals surface area contributed by atoms with Gasteiger partial charge < -0.3 is 15.0 Å². The second kappa shape index (κ2) is 9.21. The third-order valence-electron chi connectivity index (χ3n) is 4.87. The number of aryl methyl sites for hydroxylation is 1. The van der Waals surface area contributed by atoms with E-state index in [1.54, 1.807) is 4.90 Å². The summed E-state index contributed by atoms with van der Waals surface area (Å²) < 4.78 is 5.52. The molecule has 0 spiro atoms. The fourth-order valence-corrected chi connectivity index (χ4v) is 3.30. The van der Waals surface area contributed by atoms with Crippen molar-refractivity contribution in [3.05, 3.63) is 65.7 Å². The molecule has 1 aliphatic rings. The van der Waals surface area contributed by atoms with Crippen LogP contribution in [-0.4, -0.2) is 36.4 Å². The van der Waals surface area contributed by atoms with Crippen LogP contribution in [0.4, 0.5) is 0 Å². The van der Waals surface area contributed by atoms with Crippen LogP contribution < -0.4 is 10.1 Å². The number of carbonyl (C=O) groups is 2. The topological polar surface area (TPSA) is 58.6 Å². The number of benzene rings is 2. The Balaban J connectivity index is 1.40. The van der Waals surface area contributed by atoms with Gasteiger partial charge in [-0.3, -0.25) is 9.59 Å². The van der Waals surface area contributed by atoms with Crippen molar-refractivity contribution in [1.82, 2.24) is 10.2 Å². The molecule has 3 rings (SSSR count). The van der Waals surface area contributed by atoms with Gasteiger partial charge in [-0.05, 0) is 37.5 Å². The fourth-order valence-electron chi connectivity index (χ4n) is 3.30. The summed E-state index contributed by atoms with van der Waals surface area (Å²) in [7, 11) is 0. The van der Waals surface area contributed by atoms with Gasteiger partial charge in [0.2, 0.25) is 5.91 Å². The lowest BCUT2D eigenvalue weighted by molar-refractivity contribution is -0.137. The van der Waals surface area contributed by atoms with Gasteiger partial charge in [0.1, 0.15) is 5.75 Å². The highest BCUT2D eigenvalue weighted by atomic mass is 16.5. The van der Waals surface area contributed by atoms with Crippen LogP contribution in [0.1, 0.15) is 24.0 Å². The van der Waals surface area contributed by atoms with E-state index < -0.39 is 0 Å². The second-order valence-electron chi connectivity index (χ2n) is 6.96. The zero-order chi connectivity index (χ0) is 19.1. The maximum absolute atomic E-state index is 12.4. The Bertz CT molecular complexity index is 768. The molecular weight excluding hydrogens is 340 g/mol. The van der Waals surface area contributed by atoms with E-state index >= 15 is 0 Å². The molecule has 1 fully saturated rings. The van der Waals surface area contributed by atoms with Gasteiger partial charge in [-0.1, -0.05) is 48.0 Å². The molecule has 1 saturated heterocycles. The molecule has 0 bridgehead atoms. The van der Waals surface area contributed by atoms with E-state index in [9.17, 15) is 9.59 Å². The Morgan fingerprint density at radius 3 is 2.52 bits per heavy atom. The van der Waals surface area contributed by atoms with Crippen molar-refractivity contribution in [2.24, 2.45) is 5.92 Å². The number of para-hydroxylation sites is 1. The first-order chi connectivity index (χ1) is 13.1. The first kappa shape index (κ1) is 19.0. The Labute approximate surface area is 160 Å². The van der Waals surface area contributed by atoms with E-state index in [1.807, 2.05) is 55.5 Å². The molecule has 1 N–H and O–H groups in total. The average Bonchev–Trinajstić information content (AvgIpc) is 2.71. The van der Waals surface area contributed by atoms with E-state index in [2.05, 4.69) is 11.4 Å². The van der Waals surface area contributed by atoms with E-state index in [0.717, 1.165) is 5.56 Å². The number of piperidine rings is 1. The van der Waals surface area contributed by atoms with Crippen molar-refractivity contribution in [2.75, 3.05) is 19.7 Å². The van der Waals surface area contributed by atoms with Crippen molar-refractivity contribution < 1.29 is 14.3 Å². The normalized spacial score (nSPS) is 14.6. The van der Waals surface area contributed by atoms with Crippen LogP contribution in [-0.2, 0) is 16.1 Å². The van der Waals surface area contributed by atoms with E-state index in [1.165, 1.54) is 5.56 Å². The molecule has 0 unspecified atom stereocenters. The highest BCUT2D eigenvalue weighted by molar-refractivity contribution is 5.80. The summed E-state index contributed by atoms with van der Waals surface area (Å²) in [5.74, 6) is 0.701. The molecule has 0 saturated carbocycles. The summed E-state index contributed by atoms with van der Waals surface area (Å²) in [6, 6.07) is 17.5. The molecule has 0 aliphatic carbocycles. The van der Waals surface area contributed by atoms with Gasteiger partial charge in [0.25, 0.3) is 5.91 Å². The number of hydrogen-bond acceptors (Lipinski definition) is 3. The first-order valence-corrected chi connectivity index (χ1v) is 9.40. The minimum absolute atomic E-state index is 0.0301. The van der Waals surface area contributed by atoms with Gasteiger partial charge in [-0.25, -0.2) is 0 Å². The molecule has 1 heterocycles. The smallest absolute Gasteiger partial charge is 0.260 e. The van der Waals surface area contributed by atoms with Crippen LogP contribution in [0.3, 0.4) is 0 Å². The zero-order valence-corrected chi connectivity index (χ0v) is 15.7. The molecule has 2 amide bonds. The van der Waals surface area contributed by atoms with Gasteiger partial charge in [-0.2, -0.15) is 0 Å². The van der Waals surface area contributed by atoms with Crippen LogP contribution in [0.25, 0.3) is 0 Å². The predicted octanol–water partition coefficient (Wildman–Crippen LogP) is 2.93. The number of likely N-dealkylation sites (tertiary alicyclic amines) is 1. The van der Waals surface area contributed by atoms with Gasteiger partial charge in [0.05, 0.1) is 0 Å². The number of ether oxygens (including phenoxy) is 1. The largest absolute Gasteiger partial charge is 0.484 e. The maximum atomic E-state index is 12.4. The quantitative estimate of drug-likeness (QED) is 0.855. The minimum atomic E-state index is -0.0334. The Hall–Kier alpha value is -2.82. The first-order valence-electron chi connectivity index (χ1n) is 9.40. The van der Waals surface area contributed by atoms with Crippen molar-refractivity contribution in [3.8, 4) is 5.75 Å². The summed E-state index contributed by atoms with van der Waals surface area (Å²) in [5, 5.41) is 3.02. The van der Waals surface area contributed by atoms with Gasteiger partial charge in [0, 0.05) is 25.6 Å². The van der Waals surface area contributed by atoms with Crippen LogP contribution in [0.2, 0.25) is 0 Å². The van der Waals surface area contributed by atoms with Crippen LogP contribution in [0, 0.1) is 12.8 Å². The maximum Gasteiger partial charge on any atom is 0.260 e. The lowest BCUT2D eigenvalue weighted by Crippen LogP contribution is -2.44. The number of rotatable bonds is 6. The van der Waals surface area contributed by atoms with Crippen molar-refractivity contribution in [3.63, 3.8) is 0 Å². The Kier molecular flexibility index (Phi) is 6.47. The monoisotopic (exact) mass is 366 g/mol. The summed E-state index contributed by atoms with van der Waals surface area (Å²) >= 11 is 0. The van der Waals surface area contributed by atoms with E-state index in [4.69, 9.17) is 4.74 Å². The molecule has 5 heteroatoms. The SMILES string of the molecule is Cc1cccc(CNC(=O)C2CCN(C(=O)COc3ccccc3)CC2)c1. The fraction of sp³-hybridized carbons (Fsp3) is 0.364. The number of carbonyl (C=O) groups excluding carboxylic acids is 2. The molecule has 2 aromatic rings. The van der Waals surface area contributed by atoms with Crippen molar-refractivity contribution >= 4 is 11.8 Å². The lowest BCUT2D eigenvalue weighted by atomic mass is 9.95. The number of nitrogens with one attached hydrogen (secondary N) is 1. The molecular formula is C22H26N2O3. The molecule has 2 aromatic carbocycles. The molecule has 1 aliphatic heterocycles. The third kappa shape index (κ3) is 5.58. The number of hydrogen-bond donors (Lipinski definition) is 1. The Morgan fingerprint density at radius 2 is 1.81 bits per heavy atom. The lowest BCUT2D eigenvalue weighted by Gasteiger charge is -2.31.